The zero-order valence-corrected chi connectivity index (χ0v) is 18.4. The first kappa shape index (κ1) is 20.4. The zero-order chi connectivity index (χ0) is 21.5. The molecule has 31 heavy (non-hydrogen) atoms. The average molecular weight is 448 g/mol. The molecule has 0 radical (unpaired) electrons. The van der Waals surface area contributed by atoms with Gasteiger partial charge in [0.05, 0.1) is 29.6 Å². The molecular formula is C20H25N5O5S. The molecule has 11 heteroatoms. The number of ether oxygens (including phenoxy) is 2. The lowest BCUT2D eigenvalue weighted by Crippen LogP contribution is -2.54. The number of hydrogen-bond acceptors (Lipinski definition) is 10. The largest absolute Gasteiger partial charge is 0.454 e. The Hall–Kier alpha value is -2.53. The van der Waals surface area contributed by atoms with Gasteiger partial charge in [0.15, 0.2) is 17.4 Å². The number of nitrogens with zero attached hydrogens (tertiary/aromatic N) is 5. The quantitative estimate of drug-likeness (QED) is 0.618. The minimum absolute atomic E-state index is 0.174. The number of rotatable bonds is 5. The summed E-state index contributed by atoms with van der Waals surface area (Å²) in [5.41, 5.74) is 1.03. The second-order valence-electron chi connectivity index (χ2n) is 8.06. The molecule has 5 heterocycles. The van der Waals surface area contributed by atoms with Crippen LogP contribution < -0.4 is 9.80 Å². The number of oxazole rings is 1. The standard InChI is InChI=1S/C20H25N5O5S/c1-12-21-16(11-29-12)19(26)30-14-9-25(10-14)20-22-15-5-8-31(27)17(15)18(23-20)24(2)13-3-6-28-7-4-13/h11,13-14H,3-10H2,1-2H3. The van der Waals surface area contributed by atoms with Crippen LogP contribution in [-0.4, -0.2) is 76.4 Å². The molecule has 10 nitrogen and oxygen atoms in total. The third-order valence-electron chi connectivity index (χ3n) is 5.96. The fraction of sp³-hybridized carbons (Fsp3) is 0.600. The Kier molecular flexibility index (Phi) is 5.39. The van der Waals surface area contributed by atoms with E-state index >= 15 is 0 Å². The number of aromatic nitrogens is 3. The highest BCUT2D eigenvalue weighted by Gasteiger charge is 2.36. The summed E-state index contributed by atoms with van der Waals surface area (Å²) in [5, 5.41) is 0. The van der Waals surface area contributed by atoms with Gasteiger partial charge in [-0.25, -0.2) is 14.8 Å². The number of aryl methyl sites for hydroxylation is 2. The molecule has 2 fully saturated rings. The summed E-state index contributed by atoms with van der Waals surface area (Å²) in [6.45, 7) is 4.13. The highest BCUT2D eigenvalue weighted by atomic mass is 32.2. The monoisotopic (exact) mass is 447 g/mol. The van der Waals surface area contributed by atoms with Crippen LogP contribution in [-0.2, 0) is 26.7 Å². The zero-order valence-electron chi connectivity index (χ0n) is 17.6. The van der Waals surface area contributed by atoms with Crippen LogP contribution in [0.1, 0.15) is 34.9 Å². The van der Waals surface area contributed by atoms with Crippen molar-refractivity contribution >= 4 is 28.5 Å². The van der Waals surface area contributed by atoms with E-state index in [1.165, 1.54) is 6.26 Å². The lowest BCUT2D eigenvalue weighted by atomic mass is 10.1. The number of carbonyl (C=O) groups excluding carboxylic acids is 1. The third-order valence-corrected chi connectivity index (χ3v) is 7.41. The molecule has 3 aliphatic heterocycles. The molecule has 5 rings (SSSR count). The van der Waals surface area contributed by atoms with E-state index in [9.17, 15) is 9.00 Å². The maximum Gasteiger partial charge on any atom is 0.360 e. The van der Waals surface area contributed by atoms with Crippen LogP contribution in [0.4, 0.5) is 11.8 Å². The van der Waals surface area contributed by atoms with Gasteiger partial charge in [0.2, 0.25) is 5.95 Å². The van der Waals surface area contributed by atoms with E-state index < -0.39 is 16.8 Å². The van der Waals surface area contributed by atoms with Crippen LogP contribution in [0.15, 0.2) is 15.6 Å². The molecule has 0 N–H and O–H groups in total. The number of carbonyl (C=O) groups is 1. The minimum Gasteiger partial charge on any atom is -0.454 e. The topological polar surface area (TPSA) is 111 Å². The summed E-state index contributed by atoms with van der Waals surface area (Å²) >= 11 is 0. The fourth-order valence-electron chi connectivity index (χ4n) is 4.14. The lowest BCUT2D eigenvalue weighted by Gasteiger charge is -2.39. The van der Waals surface area contributed by atoms with Crippen LogP contribution >= 0.6 is 0 Å². The van der Waals surface area contributed by atoms with Gasteiger partial charge in [-0.05, 0) is 12.8 Å². The van der Waals surface area contributed by atoms with Crippen LogP contribution in [0.25, 0.3) is 0 Å². The van der Waals surface area contributed by atoms with Crippen molar-refractivity contribution in [1.82, 2.24) is 15.0 Å². The van der Waals surface area contributed by atoms with Gasteiger partial charge in [0.25, 0.3) is 0 Å². The molecule has 0 saturated carbocycles. The Morgan fingerprint density at radius 2 is 2.03 bits per heavy atom. The molecule has 166 valence electrons. The number of fused-ring (bicyclic) bond motifs is 1. The molecule has 0 aromatic carbocycles. The van der Waals surface area contributed by atoms with E-state index in [-0.39, 0.29) is 11.8 Å². The van der Waals surface area contributed by atoms with Crippen LogP contribution in [0, 0.1) is 6.92 Å². The maximum atomic E-state index is 12.6. The Bertz CT molecular complexity index is 1020. The SMILES string of the molecule is Cc1nc(C(=O)OC2CN(c3nc4c(c(N(C)C5CCOCC5)n3)S(=O)CC4)C2)co1. The Morgan fingerprint density at radius 1 is 1.26 bits per heavy atom. The van der Waals surface area contributed by atoms with Crippen molar-refractivity contribution < 1.29 is 22.9 Å². The average Bonchev–Trinajstić information content (AvgIpc) is 3.35. The number of anilines is 2. The number of esters is 1. The van der Waals surface area contributed by atoms with E-state index in [2.05, 4.69) is 9.88 Å². The first-order chi connectivity index (χ1) is 15.0. The molecule has 0 amide bonds. The van der Waals surface area contributed by atoms with Crippen molar-refractivity contribution in [3.05, 3.63) is 23.5 Å². The van der Waals surface area contributed by atoms with Gasteiger partial charge >= 0.3 is 5.97 Å². The second kappa shape index (κ2) is 8.19. The highest BCUT2D eigenvalue weighted by molar-refractivity contribution is 7.85. The van der Waals surface area contributed by atoms with Crippen LogP contribution in [0.5, 0.6) is 0 Å². The van der Waals surface area contributed by atoms with Crippen molar-refractivity contribution in [3.63, 3.8) is 0 Å². The smallest absolute Gasteiger partial charge is 0.360 e. The summed E-state index contributed by atoms with van der Waals surface area (Å²) in [6.07, 6.45) is 3.56. The first-order valence-electron chi connectivity index (χ1n) is 10.5. The molecule has 2 aromatic heterocycles. The van der Waals surface area contributed by atoms with E-state index in [4.69, 9.17) is 23.9 Å². The van der Waals surface area contributed by atoms with E-state index in [1.807, 2.05) is 11.9 Å². The van der Waals surface area contributed by atoms with Gasteiger partial charge < -0.3 is 23.7 Å². The summed E-state index contributed by atoms with van der Waals surface area (Å²) in [6, 6.07) is 0.300. The van der Waals surface area contributed by atoms with Crippen LogP contribution in [0.2, 0.25) is 0 Å². The molecule has 0 bridgehead atoms. The Labute approximate surface area is 182 Å². The molecule has 0 aliphatic carbocycles. The molecule has 3 aliphatic rings. The second-order valence-corrected chi connectivity index (χ2v) is 9.57. The molecule has 1 unspecified atom stereocenters. The maximum absolute atomic E-state index is 12.6. The van der Waals surface area contributed by atoms with Crippen molar-refractivity contribution in [2.24, 2.45) is 0 Å². The molecule has 2 aromatic rings. The van der Waals surface area contributed by atoms with Gasteiger partial charge in [0, 0.05) is 45.4 Å². The first-order valence-corrected chi connectivity index (χ1v) is 11.8. The van der Waals surface area contributed by atoms with Gasteiger partial charge in [-0.1, -0.05) is 0 Å². The summed E-state index contributed by atoms with van der Waals surface area (Å²) < 4.78 is 28.7. The van der Waals surface area contributed by atoms with Crippen molar-refractivity contribution in [2.45, 2.75) is 43.2 Å². The Morgan fingerprint density at radius 3 is 2.74 bits per heavy atom. The summed E-state index contributed by atoms with van der Waals surface area (Å²) in [5.74, 6) is 1.86. The van der Waals surface area contributed by atoms with E-state index in [0.717, 1.165) is 42.5 Å². The molecular weight excluding hydrogens is 422 g/mol. The van der Waals surface area contributed by atoms with Gasteiger partial charge in [-0.3, -0.25) is 4.21 Å². The van der Waals surface area contributed by atoms with Crippen molar-refractivity contribution in [2.75, 3.05) is 48.9 Å². The predicted octanol–water partition coefficient (Wildman–Crippen LogP) is 1.10. The lowest BCUT2D eigenvalue weighted by molar-refractivity contribution is 0.0224. The predicted molar refractivity (Wildman–Crippen MR) is 112 cm³/mol. The Balaban J connectivity index is 1.31. The van der Waals surface area contributed by atoms with Gasteiger partial charge in [-0.15, -0.1) is 0 Å². The summed E-state index contributed by atoms with van der Waals surface area (Å²) in [4.78, 5) is 30.5. The van der Waals surface area contributed by atoms with Crippen LogP contribution in [0.3, 0.4) is 0 Å². The molecule has 1 atom stereocenters. The van der Waals surface area contributed by atoms with Crippen molar-refractivity contribution in [3.8, 4) is 0 Å². The third kappa shape index (κ3) is 3.91. The molecule has 2 saturated heterocycles. The van der Waals surface area contributed by atoms with Gasteiger partial charge in [0.1, 0.15) is 17.3 Å². The van der Waals surface area contributed by atoms with Gasteiger partial charge in [-0.2, -0.15) is 4.98 Å². The summed E-state index contributed by atoms with van der Waals surface area (Å²) in [7, 11) is 0.937. The number of hydrogen-bond donors (Lipinski definition) is 0. The highest BCUT2D eigenvalue weighted by Crippen LogP contribution is 2.34. The van der Waals surface area contributed by atoms with E-state index in [0.29, 0.717) is 43.1 Å². The minimum atomic E-state index is -1.08. The fourth-order valence-corrected chi connectivity index (χ4v) is 5.52. The molecule has 0 spiro atoms. The normalized spacial score (nSPS) is 21.6. The van der Waals surface area contributed by atoms with Crippen molar-refractivity contribution in [1.29, 1.82) is 0 Å². The van der Waals surface area contributed by atoms with E-state index in [1.54, 1.807) is 6.92 Å².